The van der Waals surface area contributed by atoms with Crippen LogP contribution in [0.25, 0.3) is 0 Å². The molecule has 3 aromatic carbocycles. The zero-order valence-electron chi connectivity index (χ0n) is 19.9. The molecule has 1 N–H and O–H groups in total. The second kappa shape index (κ2) is 11.2. The molecule has 0 bridgehead atoms. The Balaban J connectivity index is 1.88. The number of aryl methyl sites for hydroxylation is 2. The second-order valence-corrected chi connectivity index (χ2v) is 9.90. The van der Waals surface area contributed by atoms with Crippen LogP contribution in [0.2, 0.25) is 0 Å². The molecule has 180 valence electrons. The lowest BCUT2D eigenvalue weighted by atomic mass is 10.1. The van der Waals surface area contributed by atoms with Crippen LogP contribution in [0, 0.1) is 13.8 Å². The smallest absolute Gasteiger partial charge is 0.243 e. The van der Waals surface area contributed by atoms with Gasteiger partial charge in [0.05, 0.1) is 25.7 Å². The predicted octanol–water partition coefficient (Wildman–Crippen LogP) is 4.19. The molecule has 8 heteroatoms. The Hall–Kier alpha value is -3.36. The Kier molecular flexibility index (Phi) is 8.31. The predicted molar refractivity (Wildman–Crippen MR) is 133 cm³/mol. The molecular weight excluding hydrogens is 452 g/mol. The first kappa shape index (κ1) is 25.3. The van der Waals surface area contributed by atoms with E-state index in [0.717, 1.165) is 16.7 Å². The third-order valence-corrected chi connectivity index (χ3v) is 7.30. The van der Waals surface area contributed by atoms with Gasteiger partial charge in [0.15, 0.2) is 11.5 Å². The highest BCUT2D eigenvalue weighted by molar-refractivity contribution is 7.89. The number of hydrogen-bond acceptors (Lipinski definition) is 5. The number of ether oxygens (including phenoxy) is 2. The summed E-state index contributed by atoms with van der Waals surface area (Å²) in [5.74, 6) is 0.306. The van der Waals surface area contributed by atoms with Crippen LogP contribution in [0.5, 0.6) is 11.5 Å². The van der Waals surface area contributed by atoms with Crippen molar-refractivity contribution in [3.8, 4) is 11.5 Å². The van der Waals surface area contributed by atoms with Crippen molar-refractivity contribution in [1.82, 2.24) is 4.31 Å². The first-order chi connectivity index (χ1) is 16.2. The van der Waals surface area contributed by atoms with Crippen molar-refractivity contribution in [2.45, 2.75) is 25.2 Å². The molecule has 0 aliphatic heterocycles. The number of nitrogens with zero attached hydrogens (tertiary/aromatic N) is 1. The first-order valence-electron chi connectivity index (χ1n) is 10.9. The summed E-state index contributed by atoms with van der Waals surface area (Å²) < 4.78 is 38.8. The van der Waals surface area contributed by atoms with E-state index in [1.54, 1.807) is 0 Å². The summed E-state index contributed by atoms with van der Waals surface area (Å²) in [7, 11) is -1.07. The number of rotatable bonds is 10. The van der Waals surface area contributed by atoms with Crippen LogP contribution in [-0.4, -0.2) is 45.9 Å². The van der Waals surface area contributed by atoms with E-state index >= 15 is 0 Å². The van der Waals surface area contributed by atoms with Gasteiger partial charge in [0, 0.05) is 18.3 Å². The van der Waals surface area contributed by atoms with E-state index in [4.69, 9.17) is 9.47 Å². The van der Waals surface area contributed by atoms with Gasteiger partial charge in [-0.05, 0) is 49.6 Å². The molecule has 3 rings (SSSR count). The van der Waals surface area contributed by atoms with E-state index in [9.17, 15) is 13.2 Å². The zero-order valence-corrected chi connectivity index (χ0v) is 20.7. The molecule has 0 aliphatic carbocycles. The van der Waals surface area contributed by atoms with Gasteiger partial charge in [-0.25, -0.2) is 8.42 Å². The van der Waals surface area contributed by atoms with Gasteiger partial charge in [0.2, 0.25) is 15.9 Å². The molecule has 34 heavy (non-hydrogen) atoms. The minimum atomic E-state index is -4.00. The first-order valence-corrected chi connectivity index (χ1v) is 12.3. The van der Waals surface area contributed by atoms with Gasteiger partial charge in [-0.1, -0.05) is 48.0 Å². The molecule has 0 heterocycles. The fourth-order valence-electron chi connectivity index (χ4n) is 3.61. The van der Waals surface area contributed by atoms with Crippen LogP contribution >= 0.6 is 0 Å². The summed E-state index contributed by atoms with van der Waals surface area (Å²) in [6, 6.07) is 19.6. The third kappa shape index (κ3) is 6.15. The maximum Gasteiger partial charge on any atom is 0.243 e. The second-order valence-electron chi connectivity index (χ2n) is 7.96. The molecule has 0 aromatic heterocycles. The lowest BCUT2D eigenvalue weighted by Gasteiger charge is -2.23. The molecule has 0 saturated heterocycles. The average molecular weight is 483 g/mol. The Bertz CT molecular complexity index is 1240. The van der Waals surface area contributed by atoms with Crippen molar-refractivity contribution in [3.63, 3.8) is 0 Å². The topological polar surface area (TPSA) is 84.9 Å². The molecule has 0 radical (unpaired) electrons. The van der Waals surface area contributed by atoms with Crippen LogP contribution in [0.15, 0.2) is 71.6 Å². The Morgan fingerprint density at radius 3 is 2.26 bits per heavy atom. The molecule has 3 aromatic rings. The van der Waals surface area contributed by atoms with E-state index in [2.05, 4.69) is 5.32 Å². The minimum Gasteiger partial charge on any atom is -0.493 e. The standard InChI is InChI=1S/C26H30N2O5S/c1-19-10-12-23(20(2)16-19)27-26(29)18-28(15-14-21-8-6-5-7-9-21)34(30,31)22-11-13-24(32-3)25(17-22)33-4/h5-13,16-17H,14-15,18H2,1-4H3,(H,27,29). The summed E-state index contributed by atoms with van der Waals surface area (Å²) in [6.07, 6.45) is 0.462. The van der Waals surface area contributed by atoms with Crippen molar-refractivity contribution in [2.75, 3.05) is 32.6 Å². The molecular formula is C26H30N2O5S. The highest BCUT2D eigenvalue weighted by Gasteiger charge is 2.28. The van der Waals surface area contributed by atoms with E-state index in [0.29, 0.717) is 23.6 Å². The number of hydrogen-bond donors (Lipinski definition) is 1. The maximum absolute atomic E-state index is 13.6. The highest BCUT2D eigenvalue weighted by Crippen LogP contribution is 2.30. The molecule has 0 unspecified atom stereocenters. The van der Waals surface area contributed by atoms with Crippen LogP contribution in [-0.2, 0) is 21.2 Å². The molecule has 0 saturated carbocycles. The fourth-order valence-corrected chi connectivity index (χ4v) is 5.03. The summed E-state index contributed by atoms with van der Waals surface area (Å²) in [5.41, 5.74) is 3.62. The quantitative estimate of drug-likeness (QED) is 0.468. The summed E-state index contributed by atoms with van der Waals surface area (Å²) >= 11 is 0. The maximum atomic E-state index is 13.6. The summed E-state index contributed by atoms with van der Waals surface area (Å²) in [4.78, 5) is 12.9. The van der Waals surface area contributed by atoms with E-state index in [1.807, 2.05) is 62.4 Å². The lowest BCUT2D eigenvalue weighted by molar-refractivity contribution is -0.116. The minimum absolute atomic E-state index is 0.0255. The molecule has 1 amide bonds. The van der Waals surface area contributed by atoms with Crippen molar-refractivity contribution in [2.24, 2.45) is 0 Å². The average Bonchev–Trinajstić information content (AvgIpc) is 2.83. The normalized spacial score (nSPS) is 11.3. The lowest BCUT2D eigenvalue weighted by Crippen LogP contribution is -2.39. The molecule has 0 aliphatic rings. The van der Waals surface area contributed by atoms with Crippen molar-refractivity contribution in [1.29, 1.82) is 0 Å². The van der Waals surface area contributed by atoms with E-state index in [1.165, 1.54) is 36.7 Å². The van der Waals surface area contributed by atoms with Gasteiger partial charge in [0.25, 0.3) is 0 Å². The van der Waals surface area contributed by atoms with Gasteiger partial charge < -0.3 is 14.8 Å². The van der Waals surface area contributed by atoms with Crippen molar-refractivity contribution >= 4 is 21.6 Å². The monoisotopic (exact) mass is 482 g/mol. The molecule has 7 nitrogen and oxygen atoms in total. The van der Waals surface area contributed by atoms with Crippen LogP contribution in [0.3, 0.4) is 0 Å². The van der Waals surface area contributed by atoms with Gasteiger partial charge in [0.1, 0.15) is 0 Å². The van der Waals surface area contributed by atoms with Gasteiger partial charge >= 0.3 is 0 Å². The largest absolute Gasteiger partial charge is 0.493 e. The molecule has 0 fully saturated rings. The van der Waals surface area contributed by atoms with Crippen molar-refractivity contribution in [3.05, 3.63) is 83.4 Å². The Morgan fingerprint density at radius 2 is 1.62 bits per heavy atom. The number of nitrogens with one attached hydrogen (secondary N) is 1. The molecule has 0 spiro atoms. The summed E-state index contributed by atoms with van der Waals surface area (Å²) in [5, 5.41) is 2.84. The van der Waals surface area contributed by atoms with E-state index in [-0.39, 0.29) is 18.0 Å². The van der Waals surface area contributed by atoms with Gasteiger partial charge in [-0.3, -0.25) is 4.79 Å². The number of sulfonamides is 1. The van der Waals surface area contributed by atoms with Gasteiger partial charge in [-0.2, -0.15) is 4.31 Å². The van der Waals surface area contributed by atoms with Crippen LogP contribution in [0.1, 0.15) is 16.7 Å². The highest BCUT2D eigenvalue weighted by atomic mass is 32.2. The van der Waals surface area contributed by atoms with Gasteiger partial charge in [-0.15, -0.1) is 0 Å². The van der Waals surface area contributed by atoms with Crippen molar-refractivity contribution < 1.29 is 22.7 Å². The Morgan fingerprint density at radius 1 is 0.912 bits per heavy atom. The Labute approximate surface area is 201 Å². The van der Waals surface area contributed by atoms with Crippen LogP contribution in [0.4, 0.5) is 5.69 Å². The number of benzene rings is 3. The molecule has 0 atom stereocenters. The number of carbonyl (C=O) groups is 1. The number of amides is 1. The number of methoxy groups -OCH3 is 2. The number of carbonyl (C=O) groups excluding carboxylic acids is 1. The fraction of sp³-hybridized carbons (Fsp3) is 0.269. The number of anilines is 1. The van der Waals surface area contributed by atoms with E-state index < -0.39 is 15.9 Å². The summed E-state index contributed by atoms with van der Waals surface area (Å²) in [6.45, 7) is 3.69. The third-order valence-electron chi connectivity index (χ3n) is 5.46. The SMILES string of the molecule is COc1ccc(S(=O)(=O)N(CCc2ccccc2)CC(=O)Nc2ccc(C)cc2C)cc1OC. The van der Waals surface area contributed by atoms with Crippen LogP contribution < -0.4 is 14.8 Å². The zero-order chi connectivity index (χ0) is 24.7.